The molecule has 1 rings (SSSR count). The third-order valence-electron chi connectivity index (χ3n) is 2.19. The lowest BCUT2D eigenvalue weighted by molar-refractivity contribution is 0.228. The molecule has 0 radical (unpaired) electrons. The highest BCUT2D eigenvalue weighted by atomic mass is 28.3. The molecule has 0 saturated heterocycles. The fourth-order valence-corrected chi connectivity index (χ4v) is 2.16. The van der Waals surface area contributed by atoms with E-state index in [0.717, 1.165) is 11.6 Å². The van der Waals surface area contributed by atoms with Crippen LogP contribution in [0.4, 0.5) is 0 Å². The fourth-order valence-electron chi connectivity index (χ4n) is 1.31. The van der Waals surface area contributed by atoms with Crippen LogP contribution in [-0.4, -0.2) is 13.2 Å². The minimum absolute atomic E-state index is 0.456. The van der Waals surface area contributed by atoms with Gasteiger partial charge in [-0.05, 0) is 11.6 Å². The second-order valence-electron chi connectivity index (χ2n) is 5.05. The normalized spacial score (nSPS) is 14.4. The van der Waals surface area contributed by atoms with Crippen molar-refractivity contribution in [3.8, 4) is 0 Å². The van der Waals surface area contributed by atoms with Gasteiger partial charge in [0.25, 0.3) is 0 Å². The summed E-state index contributed by atoms with van der Waals surface area (Å²) in [6.45, 7) is 6.98. The molecule has 0 spiro atoms. The maximum atomic E-state index is 9.85. The lowest BCUT2D eigenvalue weighted by Gasteiger charge is -2.12. The van der Waals surface area contributed by atoms with Crippen molar-refractivity contribution in [2.45, 2.75) is 31.8 Å². The second-order valence-corrected chi connectivity index (χ2v) is 10.6. The summed E-state index contributed by atoms with van der Waals surface area (Å²) in [7, 11) is -1.02. The van der Waals surface area contributed by atoms with Gasteiger partial charge in [-0.15, -0.1) is 0 Å². The average Bonchev–Trinajstić information content (AvgIpc) is 2.17. The fraction of sp³-hybridized carbons (Fsp3) is 0.385. The van der Waals surface area contributed by atoms with Gasteiger partial charge in [-0.2, -0.15) is 0 Å². The Morgan fingerprint density at radius 1 is 1.20 bits per heavy atom. The summed E-state index contributed by atoms with van der Waals surface area (Å²) < 4.78 is 0. The molecule has 1 N–H and O–H groups in total. The van der Waals surface area contributed by atoms with Crippen LogP contribution in [0.2, 0.25) is 25.7 Å². The Hall–Kier alpha value is -0.863. The van der Waals surface area contributed by atoms with E-state index >= 15 is 0 Å². The summed E-state index contributed by atoms with van der Waals surface area (Å²) in [6, 6.07) is 10.9. The Balaban J connectivity index is 2.53. The van der Waals surface area contributed by atoms with E-state index in [9.17, 15) is 5.11 Å². The van der Waals surface area contributed by atoms with E-state index in [1.807, 2.05) is 36.4 Å². The van der Waals surface area contributed by atoms with E-state index in [-0.39, 0.29) is 0 Å². The molecule has 1 atom stereocenters. The molecule has 1 nitrogen and oxygen atoms in total. The highest BCUT2D eigenvalue weighted by Crippen LogP contribution is 2.15. The highest BCUT2D eigenvalue weighted by molar-refractivity contribution is 6.76. The summed E-state index contributed by atoms with van der Waals surface area (Å²) in [5.41, 5.74) is 0.962. The van der Waals surface area contributed by atoms with Gasteiger partial charge in [0.15, 0.2) is 0 Å². The zero-order chi connectivity index (χ0) is 11.3. The number of aliphatic hydroxyl groups excluding tert-OH is 1. The van der Waals surface area contributed by atoms with Crippen LogP contribution in [-0.2, 0) is 0 Å². The maximum Gasteiger partial charge on any atom is 0.0971 e. The van der Waals surface area contributed by atoms with Crippen LogP contribution in [0.25, 0.3) is 0 Å². The molecule has 1 aromatic carbocycles. The maximum absolute atomic E-state index is 9.85. The van der Waals surface area contributed by atoms with Crippen LogP contribution < -0.4 is 0 Å². The summed E-state index contributed by atoms with van der Waals surface area (Å²) >= 11 is 0. The van der Waals surface area contributed by atoms with Crippen LogP contribution in [0.1, 0.15) is 11.7 Å². The first-order chi connectivity index (χ1) is 6.99. The molecule has 0 aliphatic rings. The summed E-state index contributed by atoms with van der Waals surface area (Å²) in [6.07, 6.45) is 3.56. The Bertz CT molecular complexity index is 311. The molecule has 0 aliphatic carbocycles. The molecule has 0 bridgehead atoms. The summed E-state index contributed by atoms with van der Waals surface area (Å²) in [5.74, 6) is 0. The number of hydrogen-bond donors (Lipinski definition) is 1. The van der Waals surface area contributed by atoms with Crippen molar-refractivity contribution < 1.29 is 5.11 Å². The van der Waals surface area contributed by atoms with E-state index < -0.39 is 14.2 Å². The van der Waals surface area contributed by atoms with Crippen LogP contribution >= 0.6 is 0 Å². The van der Waals surface area contributed by atoms with Gasteiger partial charge >= 0.3 is 0 Å². The predicted octanol–water partition coefficient (Wildman–Crippen LogP) is 3.61. The summed E-state index contributed by atoms with van der Waals surface area (Å²) in [4.78, 5) is 0. The van der Waals surface area contributed by atoms with Gasteiger partial charge in [-0.25, -0.2) is 0 Å². The second kappa shape index (κ2) is 5.28. The van der Waals surface area contributed by atoms with Gasteiger partial charge in [-0.1, -0.05) is 62.1 Å². The van der Waals surface area contributed by atoms with Crippen molar-refractivity contribution in [3.05, 3.63) is 48.0 Å². The number of allylic oxidation sites excluding steroid dienone is 1. The van der Waals surface area contributed by atoms with Gasteiger partial charge in [0, 0.05) is 8.07 Å². The molecule has 0 amide bonds. The van der Waals surface area contributed by atoms with Crippen molar-refractivity contribution in [2.24, 2.45) is 0 Å². The monoisotopic (exact) mass is 220 g/mol. The van der Waals surface area contributed by atoms with Crippen LogP contribution in [0, 0.1) is 0 Å². The standard InChI is InChI=1S/C13H20OSi/c1-15(2,3)11-7-10-13(14)12-8-5-4-6-9-12/h4-10,13-14H,11H2,1-3H3/b10-7+. The van der Waals surface area contributed by atoms with Crippen molar-refractivity contribution in [1.29, 1.82) is 0 Å². The summed E-state index contributed by atoms with van der Waals surface area (Å²) in [5, 5.41) is 9.85. The quantitative estimate of drug-likeness (QED) is 0.607. The molecule has 82 valence electrons. The molecular formula is C13H20OSi. The molecule has 0 saturated carbocycles. The SMILES string of the molecule is C[Si](C)(C)C/C=C/C(O)c1ccccc1. The van der Waals surface area contributed by atoms with E-state index in [4.69, 9.17) is 0 Å². The number of benzene rings is 1. The minimum Gasteiger partial charge on any atom is -0.384 e. The van der Waals surface area contributed by atoms with Gasteiger partial charge in [0.2, 0.25) is 0 Å². The van der Waals surface area contributed by atoms with E-state index in [1.165, 1.54) is 0 Å². The highest BCUT2D eigenvalue weighted by Gasteiger charge is 2.10. The molecule has 0 aliphatic heterocycles. The molecule has 1 unspecified atom stereocenters. The molecule has 0 heterocycles. The Morgan fingerprint density at radius 3 is 2.33 bits per heavy atom. The first-order valence-electron chi connectivity index (χ1n) is 5.39. The number of aliphatic hydroxyl groups is 1. The lowest BCUT2D eigenvalue weighted by Crippen LogP contribution is -2.17. The van der Waals surface area contributed by atoms with Gasteiger partial charge < -0.3 is 5.11 Å². The Kier molecular flexibility index (Phi) is 4.30. The molecule has 2 heteroatoms. The molecular weight excluding hydrogens is 200 g/mol. The van der Waals surface area contributed by atoms with Crippen molar-refractivity contribution in [2.75, 3.05) is 0 Å². The topological polar surface area (TPSA) is 20.2 Å². The Labute approximate surface area is 93.5 Å². The van der Waals surface area contributed by atoms with Crippen LogP contribution in [0.3, 0.4) is 0 Å². The first-order valence-corrected chi connectivity index (χ1v) is 9.09. The zero-order valence-corrected chi connectivity index (χ0v) is 10.8. The molecule has 0 fully saturated rings. The molecule has 1 aromatic rings. The van der Waals surface area contributed by atoms with E-state index in [2.05, 4.69) is 25.7 Å². The van der Waals surface area contributed by atoms with Crippen molar-refractivity contribution in [1.82, 2.24) is 0 Å². The first kappa shape index (κ1) is 12.2. The zero-order valence-electron chi connectivity index (χ0n) is 9.77. The molecule has 15 heavy (non-hydrogen) atoms. The van der Waals surface area contributed by atoms with Crippen molar-refractivity contribution >= 4 is 8.07 Å². The number of hydrogen-bond acceptors (Lipinski definition) is 1. The van der Waals surface area contributed by atoms with Crippen LogP contribution in [0.15, 0.2) is 42.5 Å². The van der Waals surface area contributed by atoms with E-state index in [1.54, 1.807) is 0 Å². The minimum atomic E-state index is -1.02. The number of rotatable bonds is 4. The van der Waals surface area contributed by atoms with Gasteiger partial charge in [0.05, 0.1) is 6.10 Å². The molecule has 0 aromatic heterocycles. The van der Waals surface area contributed by atoms with Gasteiger partial charge in [0.1, 0.15) is 0 Å². The Morgan fingerprint density at radius 2 is 1.80 bits per heavy atom. The van der Waals surface area contributed by atoms with Crippen LogP contribution in [0.5, 0.6) is 0 Å². The van der Waals surface area contributed by atoms with E-state index in [0.29, 0.717) is 0 Å². The lowest BCUT2D eigenvalue weighted by atomic mass is 10.1. The third-order valence-corrected chi connectivity index (χ3v) is 3.65. The average molecular weight is 220 g/mol. The predicted molar refractivity (Wildman–Crippen MR) is 68.7 cm³/mol. The third kappa shape index (κ3) is 4.95. The smallest absolute Gasteiger partial charge is 0.0971 e. The largest absolute Gasteiger partial charge is 0.384 e. The van der Waals surface area contributed by atoms with Crippen molar-refractivity contribution in [3.63, 3.8) is 0 Å². The van der Waals surface area contributed by atoms with Gasteiger partial charge in [-0.3, -0.25) is 0 Å².